The van der Waals surface area contributed by atoms with E-state index in [2.05, 4.69) is 166 Å². The molecule has 0 atom stereocenters. The molecule has 0 bridgehead atoms. The minimum Gasteiger partial charge on any atom is -0.228 e. The van der Waals surface area contributed by atoms with Gasteiger partial charge in [0.05, 0.1) is 11.4 Å². The molecule has 0 unspecified atom stereocenters. The van der Waals surface area contributed by atoms with Gasteiger partial charge in [0, 0.05) is 47.8 Å². The molecule has 236 valence electrons. The van der Waals surface area contributed by atoms with Gasteiger partial charge in [0.15, 0.2) is 5.82 Å². The number of hydrogen-bond acceptors (Lipinski definition) is 3. The van der Waals surface area contributed by atoms with Crippen molar-refractivity contribution in [3.63, 3.8) is 0 Å². The van der Waals surface area contributed by atoms with Crippen molar-refractivity contribution < 1.29 is 0 Å². The van der Waals surface area contributed by atoms with Gasteiger partial charge >= 0.3 is 0 Å². The third kappa shape index (κ3) is 4.40. The van der Waals surface area contributed by atoms with Gasteiger partial charge < -0.3 is 0 Å². The Hall–Kier alpha value is -5.90. The van der Waals surface area contributed by atoms with Crippen LogP contribution in [0.15, 0.2) is 158 Å². The Labute approximate surface area is 295 Å². The quantitative estimate of drug-likeness (QED) is 0.188. The molecule has 10 rings (SSSR count). The summed E-state index contributed by atoms with van der Waals surface area (Å²) in [7, 11) is 0. The van der Waals surface area contributed by atoms with E-state index in [0.29, 0.717) is 0 Å². The van der Waals surface area contributed by atoms with Gasteiger partial charge in [0.1, 0.15) is 0 Å². The van der Waals surface area contributed by atoms with E-state index in [9.17, 15) is 0 Å². The van der Waals surface area contributed by atoms with Crippen LogP contribution in [0.3, 0.4) is 0 Å². The normalized spacial score (nSPS) is 13.2. The molecule has 0 aliphatic heterocycles. The molecule has 0 radical (unpaired) electrons. The lowest BCUT2D eigenvalue weighted by Crippen LogP contribution is -2.14. The summed E-state index contributed by atoms with van der Waals surface area (Å²) < 4.78 is 2.60. The Morgan fingerprint density at radius 1 is 0.460 bits per heavy atom. The molecule has 2 nitrogen and oxygen atoms in total. The van der Waals surface area contributed by atoms with E-state index in [4.69, 9.17) is 9.97 Å². The molecule has 0 saturated heterocycles. The molecule has 0 amide bonds. The standard InChI is InChI=1S/C47H32N2S/c1-47(2)39-24-13-23-37(44(39)38-26-30-16-6-7-17-31(30)27-40(38)47)42-28-41(48-46(49-42)29-14-4-3-5-15-29)33-19-9-8-18-32(33)35-21-12-22-36-34-20-10-11-25-43(34)50-45(35)36/h3-28H,1-2H3. The highest BCUT2D eigenvalue weighted by molar-refractivity contribution is 7.26. The van der Waals surface area contributed by atoms with Crippen LogP contribution in [0.2, 0.25) is 0 Å². The van der Waals surface area contributed by atoms with Crippen molar-refractivity contribution in [2.45, 2.75) is 19.3 Å². The zero-order chi connectivity index (χ0) is 33.4. The van der Waals surface area contributed by atoms with E-state index < -0.39 is 0 Å². The molecule has 0 saturated carbocycles. The first kappa shape index (κ1) is 29.1. The first-order valence-corrected chi connectivity index (χ1v) is 18.0. The largest absolute Gasteiger partial charge is 0.228 e. The Bertz CT molecular complexity index is 2790. The summed E-state index contributed by atoms with van der Waals surface area (Å²) in [5.41, 5.74) is 12.6. The number of nitrogens with zero attached hydrogens (tertiary/aromatic N) is 2. The highest BCUT2D eigenvalue weighted by atomic mass is 32.1. The smallest absolute Gasteiger partial charge is 0.160 e. The summed E-state index contributed by atoms with van der Waals surface area (Å²) in [6.07, 6.45) is 0. The van der Waals surface area contributed by atoms with Crippen molar-refractivity contribution in [1.29, 1.82) is 0 Å². The van der Waals surface area contributed by atoms with Gasteiger partial charge in [-0.05, 0) is 62.9 Å². The van der Waals surface area contributed by atoms with E-state index in [1.807, 2.05) is 17.4 Å². The summed E-state index contributed by atoms with van der Waals surface area (Å²) in [5, 5.41) is 5.12. The monoisotopic (exact) mass is 656 g/mol. The van der Waals surface area contributed by atoms with Gasteiger partial charge in [0.2, 0.25) is 0 Å². The maximum Gasteiger partial charge on any atom is 0.160 e. The van der Waals surface area contributed by atoms with E-state index in [1.54, 1.807) is 0 Å². The van der Waals surface area contributed by atoms with E-state index in [0.717, 1.165) is 33.9 Å². The predicted octanol–water partition coefficient (Wildman–Crippen LogP) is 13.0. The SMILES string of the molecule is CC1(C)c2cc3ccccc3cc2-c2c(-c3cc(-c4ccccc4-c4cccc5c4sc4ccccc45)nc(-c4ccccc4)n3)cccc21. The Balaban J connectivity index is 1.23. The van der Waals surface area contributed by atoms with Crippen molar-refractivity contribution in [1.82, 2.24) is 9.97 Å². The van der Waals surface area contributed by atoms with Crippen LogP contribution in [-0.4, -0.2) is 9.97 Å². The molecule has 1 aliphatic carbocycles. The van der Waals surface area contributed by atoms with Gasteiger partial charge in [-0.25, -0.2) is 9.97 Å². The van der Waals surface area contributed by atoms with E-state index in [1.165, 1.54) is 64.3 Å². The third-order valence-corrected chi connectivity index (χ3v) is 11.7. The Morgan fingerprint density at radius 3 is 1.92 bits per heavy atom. The zero-order valence-corrected chi connectivity index (χ0v) is 28.6. The maximum atomic E-state index is 5.33. The second kappa shape index (κ2) is 11.1. The summed E-state index contributed by atoms with van der Waals surface area (Å²) in [6.45, 7) is 4.70. The highest BCUT2D eigenvalue weighted by Crippen LogP contribution is 2.53. The van der Waals surface area contributed by atoms with E-state index in [-0.39, 0.29) is 5.41 Å². The first-order chi connectivity index (χ1) is 24.5. The average molecular weight is 657 g/mol. The topological polar surface area (TPSA) is 25.8 Å². The van der Waals surface area contributed by atoms with Crippen LogP contribution in [-0.2, 0) is 5.41 Å². The molecule has 7 aromatic carbocycles. The van der Waals surface area contributed by atoms with Crippen LogP contribution in [0, 0.1) is 0 Å². The average Bonchev–Trinajstić information content (AvgIpc) is 3.66. The van der Waals surface area contributed by atoms with Gasteiger partial charge in [-0.3, -0.25) is 0 Å². The van der Waals surface area contributed by atoms with Crippen LogP contribution in [0.1, 0.15) is 25.0 Å². The molecular weight excluding hydrogens is 625 g/mol. The van der Waals surface area contributed by atoms with Crippen molar-refractivity contribution in [2.24, 2.45) is 0 Å². The maximum absolute atomic E-state index is 5.33. The highest BCUT2D eigenvalue weighted by Gasteiger charge is 2.37. The minimum atomic E-state index is -0.141. The molecule has 0 N–H and O–H groups in total. The Morgan fingerprint density at radius 2 is 1.08 bits per heavy atom. The minimum absolute atomic E-state index is 0.141. The molecule has 2 heterocycles. The predicted molar refractivity (Wildman–Crippen MR) is 212 cm³/mol. The van der Waals surface area contributed by atoms with Crippen molar-refractivity contribution in [2.75, 3.05) is 0 Å². The number of hydrogen-bond donors (Lipinski definition) is 0. The van der Waals surface area contributed by atoms with Crippen LogP contribution in [0.25, 0.3) is 87.1 Å². The molecule has 3 heteroatoms. The fourth-order valence-corrected chi connectivity index (χ4v) is 9.26. The second-order valence-electron chi connectivity index (χ2n) is 13.8. The number of benzene rings is 7. The van der Waals surface area contributed by atoms with Crippen LogP contribution < -0.4 is 0 Å². The summed E-state index contributed by atoms with van der Waals surface area (Å²) in [4.78, 5) is 10.6. The molecule has 2 aromatic heterocycles. The molecule has 0 fully saturated rings. The summed E-state index contributed by atoms with van der Waals surface area (Å²) in [6, 6.07) is 56.9. The van der Waals surface area contributed by atoms with Crippen molar-refractivity contribution >= 4 is 42.3 Å². The molecule has 0 spiro atoms. The fourth-order valence-electron chi connectivity index (χ4n) is 8.03. The summed E-state index contributed by atoms with van der Waals surface area (Å²) >= 11 is 1.86. The van der Waals surface area contributed by atoms with Gasteiger partial charge in [0.25, 0.3) is 0 Å². The fraction of sp³-hybridized carbons (Fsp3) is 0.0638. The van der Waals surface area contributed by atoms with Gasteiger partial charge in [-0.2, -0.15) is 0 Å². The second-order valence-corrected chi connectivity index (χ2v) is 14.8. The van der Waals surface area contributed by atoms with Crippen LogP contribution in [0.5, 0.6) is 0 Å². The third-order valence-electron chi connectivity index (χ3n) is 10.5. The first-order valence-electron chi connectivity index (χ1n) is 17.2. The van der Waals surface area contributed by atoms with Gasteiger partial charge in [-0.1, -0.05) is 147 Å². The Kier molecular flexibility index (Phi) is 6.43. The van der Waals surface area contributed by atoms with Crippen LogP contribution >= 0.6 is 11.3 Å². The van der Waals surface area contributed by atoms with E-state index >= 15 is 0 Å². The lowest BCUT2D eigenvalue weighted by Gasteiger charge is -2.22. The lowest BCUT2D eigenvalue weighted by atomic mass is 9.81. The number of rotatable bonds is 4. The van der Waals surface area contributed by atoms with Gasteiger partial charge in [-0.15, -0.1) is 11.3 Å². The number of thiophene rings is 1. The molecule has 9 aromatic rings. The number of fused-ring (bicyclic) bond motifs is 7. The van der Waals surface area contributed by atoms with Crippen molar-refractivity contribution in [3.05, 3.63) is 169 Å². The van der Waals surface area contributed by atoms with Crippen molar-refractivity contribution in [3.8, 4) is 56.2 Å². The zero-order valence-electron chi connectivity index (χ0n) is 27.8. The summed E-state index contributed by atoms with van der Waals surface area (Å²) in [5.74, 6) is 0.724. The van der Waals surface area contributed by atoms with Crippen LogP contribution in [0.4, 0.5) is 0 Å². The lowest BCUT2D eigenvalue weighted by molar-refractivity contribution is 0.661. The molecule has 50 heavy (non-hydrogen) atoms. The molecule has 1 aliphatic rings. The number of aromatic nitrogens is 2. The molecular formula is C47H32N2S.